The summed E-state index contributed by atoms with van der Waals surface area (Å²) >= 11 is 0. The van der Waals surface area contributed by atoms with Crippen LogP contribution in [0.5, 0.6) is 5.75 Å². The van der Waals surface area contributed by atoms with E-state index in [0.717, 1.165) is 63.8 Å². The van der Waals surface area contributed by atoms with Crippen LogP contribution in [0.1, 0.15) is 103 Å². The Bertz CT molecular complexity index is 1110. The minimum absolute atomic E-state index is 0.0116. The van der Waals surface area contributed by atoms with Gasteiger partial charge in [-0.2, -0.15) is 8.42 Å². The molecule has 1 spiro atoms. The summed E-state index contributed by atoms with van der Waals surface area (Å²) in [6.45, 7) is 20.3. The van der Waals surface area contributed by atoms with Gasteiger partial charge >= 0.3 is 10.2 Å². The minimum atomic E-state index is -4.30. The Kier molecular flexibility index (Phi) is 10.4. The molecule has 7 heteroatoms. The van der Waals surface area contributed by atoms with Crippen LogP contribution in [-0.4, -0.2) is 54.5 Å². The first-order valence-corrected chi connectivity index (χ1v) is 16.6. The van der Waals surface area contributed by atoms with Crippen molar-refractivity contribution in [3.63, 3.8) is 0 Å². The smallest absolute Gasteiger partial charge is 0.305 e. The van der Waals surface area contributed by atoms with Gasteiger partial charge in [-0.25, -0.2) is 0 Å². The van der Waals surface area contributed by atoms with Crippen LogP contribution in [0.2, 0.25) is 0 Å². The second-order valence-corrected chi connectivity index (χ2v) is 13.7. The molecular weight excluding hydrogens is 513 g/mol. The molecule has 5 rings (SSSR count). The Morgan fingerprint density at radius 1 is 1.05 bits per heavy atom. The van der Waals surface area contributed by atoms with E-state index in [0.29, 0.717) is 12.3 Å². The summed E-state index contributed by atoms with van der Waals surface area (Å²) < 4.78 is 40.6. The third-order valence-corrected chi connectivity index (χ3v) is 11.5. The van der Waals surface area contributed by atoms with Crippen molar-refractivity contribution in [3.8, 4) is 5.75 Å². The van der Waals surface area contributed by atoms with Crippen LogP contribution >= 0.6 is 0 Å². The molecule has 0 bridgehead atoms. The Morgan fingerprint density at radius 2 is 1.69 bits per heavy atom. The van der Waals surface area contributed by atoms with Gasteiger partial charge in [0, 0.05) is 18.2 Å². The fraction of sp³-hybridized carbons (Fsp3) is 0.750. The molecule has 2 aliphatic heterocycles. The molecule has 222 valence electrons. The van der Waals surface area contributed by atoms with E-state index in [9.17, 15) is 17.4 Å². The van der Waals surface area contributed by atoms with Gasteiger partial charge in [-0.1, -0.05) is 65.2 Å². The van der Waals surface area contributed by atoms with E-state index in [-0.39, 0.29) is 23.5 Å². The maximum atomic E-state index is 12.7. The van der Waals surface area contributed by atoms with Crippen LogP contribution in [0.4, 0.5) is 3.89 Å². The van der Waals surface area contributed by atoms with Gasteiger partial charge in [0.1, 0.15) is 11.9 Å². The molecule has 2 aliphatic carbocycles. The lowest BCUT2D eigenvalue weighted by Crippen LogP contribution is -2.73. The van der Waals surface area contributed by atoms with E-state index >= 15 is 0 Å². The van der Waals surface area contributed by atoms with Gasteiger partial charge < -0.3 is 9.84 Å². The SMILES string of the molecule is C=CCN1CCC23c4c(C)ccc(C)c4OC2C(C)CCC3(O)C1C.CC.CC1CCCCCC1S(=O)(=O)F. The predicted octanol–water partition coefficient (Wildman–Crippen LogP) is 7.02. The van der Waals surface area contributed by atoms with Gasteiger partial charge in [0.2, 0.25) is 0 Å². The van der Waals surface area contributed by atoms with Gasteiger partial charge in [0.25, 0.3) is 0 Å². The predicted molar refractivity (Wildman–Crippen MR) is 159 cm³/mol. The molecule has 1 N–H and O–H groups in total. The first-order chi connectivity index (χ1) is 18.4. The van der Waals surface area contributed by atoms with Crippen LogP contribution in [0, 0.1) is 25.7 Å². The molecule has 4 aliphatic rings. The van der Waals surface area contributed by atoms with E-state index < -0.39 is 21.1 Å². The van der Waals surface area contributed by atoms with Crippen molar-refractivity contribution in [1.29, 1.82) is 0 Å². The normalized spacial score (nSPS) is 35.9. The lowest BCUT2D eigenvalue weighted by molar-refractivity contribution is -0.184. The first-order valence-electron chi connectivity index (χ1n) is 15.2. The molecule has 0 aromatic heterocycles. The van der Waals surface area contributed by atoms with E-state index in [1.54, 1.807) is 0 Å². The summed E-state index contributed by atoms with van der Waals surface area (Å²) in [5, 5.41) is 11.4. The van der Waals surface area contributed by atoms with Crippen LogP contribution in [0.25, 0.3) is 0 Å². The highest BCUT2D eigenvalue weighted by molar-refractivity contribution is 7.87. The number of nitrogens with zero attached hydrogens (tertiary/aromatic N) is 1. The highest BCUT2D eigenvalue weighted by atomic mass is 32.3. The molecule has 1 aromatic rings. The van der Waals surface area contributed by atoms with E-state index in [2.05, 4.69) is 51.3 Å². The molecule has 2 saturated carbocycles. The lowest BCUT2D eigenvalue weighted by atomic mass is 9.51. The second kappa shape index (κ2) is 12.6. The van der Waals surface area contributed by atoms with Crippen LogP contribution in [0.15, 0.2) is 24.8 Å². The number of benzene rings is 1. The lowest BCUT2D eigenvalue weighted by Gasteiger charge is -2.61. The van der Waals surface area contributed by atoms with Crippen molar-refractivity contribution in [2.75, 3.05) is 13.1 Å². The summed E-state index contributed by atoms with van der Waals surface area (Å²) in [7, 11) is -4.30. The number of rotatable bonds is 3. The number of fused-ring (bicyclic) bond motifs is 1. The Hall–Kier alpha value is -1.44. The van der Waals surface area contributed by atoms with Crippen LogP contribution in [0.3, 0.4) is 0 Å². The van der Waals surface area contributed by atoms with Crippen molar-refractivity contribution in [3.05, 3.63) is 41.5 Å². The molecule has 1 saturated heterocycles. The number of piperidine rings is 1. The van der Waals surface area contributed by atoms with E-state index in [1.165, 1.54) is 16.7 Å². The van der Waals surface area contributed by atoms with Crippen molar-refractivity contribution < 1.29 is 22.1 Å². The monoisotopic (exact) mass is 565 g/mol. The zero-order valence-electron chi connectivity index (χ0n) is 25.3. The standard InChI is InChI=1S/C22H31NO2.C8H15FO2S.C2H6/c1-6-12-23-13-11-21-18-14(2)7-8-15(3)19(18)25-20(21)16(4)9-10-22(21,24)17(23)5;1-7-5-3-2-4-6-8(7)12(9,10)11;1-2/h6-8,16-17,20,24H,1,9-13H2,2-5H3;7-8H,2-6H2,1H3;1-2H3. The molecule has 2 heterocycles. The summed E-state index contributed by atoms with van der Waals surface area (Å²) in [6.07, 6.45) is 9.10. The largest absolute Gasteiger partial charge is 0.489 e. The Labute approximate surface area is 237 Å². The minimum Gasteiger partial charge on any atom is -0.489 e. The molecule has 39 heavy (non-hydrogen) atoms. The number of aryl methyl sites for hydroxylation is 2. The van der Waals surface area contributed by atoms with Crippen molar-refractivity contribution in [1.82, 2.24) is 4.90 Å². The molecule has 5 nitrogen and oxygen atoms in total. The number of aliphatic hydroxyl groups is 1. The molecule has 1 aromatic carbocycles. The van der Waals surface area contributed by atoms with Crippen molar-refractivity contribution in [2.24, 2.45) is 11.8 Å². The van der Waals surface area contributed by atoms with E-state index in [4.69, 9.17) is 4.74 Å². The third-order valence-electron chi connectivity index (χ3n) is 10.0. The Morgan fingerprint density at radius 3 is 2.33 bits per heavy atom. The molecule has 3 fully saturated rings. The number of ether oxygens (including phenoxy) is 1. The van der Waals surface area contributed by atoms with Crippen LogP contribution < -0.4 is 4.74 Å². The quantitative estimate of drug-likeness (QED) is 0.242. The van der Waals surface area contributed by atoms with Gasteiger partial charge in [-0.05, 0) is 82.4 Å². The first kappa shape index (κ1) is 32.1. The Balaban J connectivity index is 0.000000253. The molecule has 7 atom stereocenters. The number of halogens is 1. The fourth-order valence-corrected chi connectivity index (χ4v) is 9.06. The zero-order chi connectivity index (χ0) is 29.2. The number of hydrogen-bond acceptors (Lipinski definition) is 5. The fourth-order valence-electron chi connectivity index (χ4n) is 7.92. The molecule has 0 amide bonds. The van der Waals surface area contributed by atoms with Gasteiger partial charge in [0.15, 0.2) is 0 Å². The number of likely N-dealkylation sites (tertiary alicyclic amines) is 1. The number of hydrogen-bond donors (Lipinski definition) is 1. The average molecular weight is 566 g/mol. The average Bonchev–Trinajstić information content (AvgIpc) is 3.11. The maximum absolute atomic E-state index is 12.7. The topological polar surface area (TPSA) is 66.8 Å². The summed E-state index contributed by atoms with van der Waals surface area (Å²) in [4.78, 5) is 2.38. The highest BCUT2D eigenvalue weighted by Gasteiger charge is 2.69. The molecule has 7 unspecified atom stereocenters. The molecule has 0 radical (unpaired) electrons. The van der Waals surface area contributed by atoms with Gasteiger partial charge in [-0.15, -0.1) is 10.5 Å². The summed E-state index contributed by atoms with van der Waals surface area (Å²) in [5.74, 6) is 1.49. The van der Waals surface area contributed by atoms with Crippen molar-refractivity contribution in [2.45, 2.75) is 128 Å². The van der Waals surface area contributed by atoms with Crippen molar-refractivity contribution >= 4 is 10.2 Å². The summed E-state index contributed by atoms with van der Waals surface area (Å²) in [5.41, 5.74) is 2.71. The van der Waals surface area contributed by atoms with E-state index in [1.807, 2.05) is 26.8 Å². The third kappa shape index (κ3) is 5.70. The second-order valence-electron chi connectivity index (χ2n) is 12.2. The molecular formula is C32H52FNO4S. The highest BCUT2D eigenvalue weighted by Crippen LogP contribution is 2.62. The summed E-state index contributed by atoms with van der Waals surface area (Å²) in [6, 6.07) is 4.46. The maximum Gasteiger partial charge on any atom is 0.305 e. The zero-order valence-corrected chi connectivity index (χ0v) is 26.1. The van der Waals surface area contributed by atoms with Gasteiger partial charge in [0.05, 0.1) is 16.3 Å². The van der Waals surface area contributed by atoms with Crippen LogP contribution in [-0.2, 0) is 15.6 Å². The van der Waals surface area contributed by atoms with Gasteiger partial charge in [-0.3, -0.25) is 4.90 Å².